The number of benzene rings is 4. The first-order valence-corrected chi connectivity index (χ1v) is 15.5. The van der Waals surface area contributed by atoms with Crippen molar-refractivity contribution in [1.82, 2.24) is 9.80 Å². The Morgan fingerprint density at radius 3 is 1.26 bits per heavy atom. The number of fused-ring (bicyclic) bond motifs is 6. The van der Waals surface area contributed by atoms with Crippen molar-refractivity contribution in [2.45, 2.75) is 12.1 Å². The van der Waals surface area contributed by atoms with Gasteiger partial charge in [-0.15, -0.1) is 24.0 Å². The molecule has 0 saturated carbocycles. The van der Waals surface area contributed by atoms with Crippen molar-refractivity contribution in [2.75, 3.05) is 34.2 Å². The second-order valence-electron chi connectivity index (χ2n) is 10.0. The molecule has 0 aliphatic heterocycles. The smallest absolute Gasteiger partial charge is 0.105 e. The highest BCUT2D eigenvalue weighted by Gasteiger charge is 2.32. The van der Waals surface area contributed by atoms with E-state index in [2.05, 4.69) is 131 Å². The van der Waals surface area contributed by atoms with Crippen LogP contribution < -0.4 is 0 Å². The van der Waals surface area contributed by atoms with Gasteiger partial charge in [-0.05, 0) is 114 Å². The van der Waals surface area contributed by atoms with Crippen LogP contribution in [-0.2, 0) is 0 Å². The number of nitrogens with zero attached hydrogens (tertiary/aromatic N) is 2. The first kappa shape index (κ1) is 31.3. The predicted molar refractivity (Wildman–Crippen MR) is 187 cm³/mol. The van der Waals surface area contributed by atoms with Crippen LogP contribution in [0, 0.1) is 0 Å². The summed E-state index contributed by atoms with van der Waals surface area (Å²) >= 11 is 14.1. The fourth-order valence-corrected chi connectivity index (χ4v) is 6.83. The molecular formula is C31H29Br4IN2O. The Balaban J connectivity index is 0.000000184. The molecule has 0 heterocycles. The molecule has 39 heavy (non-hydrogen) atoms. The summed E-state index contributed by atoms with van der Waals surface area (Å²) in [5, 5.41) is 10.2. The van der Waals surface area contributed by atoms with E-state index in [4.69, 9.17) is 0 Å². The SMILES string of the molecule is CN(C)CCN(C)C1c2cc(Br)ccc2-c2ccc(Br)cc21.I.OC1c2cc(Br)ccc2-c2ccc(Br)cc21. The van der Waals surface area contributed by atoms with Gasteiger partial charge in [0.1, 0.15) is 6.10 Å². The Hall–Kier alpha value is -0.590. The van der Waals surface area contributed by atoms with Crippen LogP contribution in [0.3, 0.4) is 0 Å². The van der Waals surface area contributed by atoms with Crippen LogP contribution in [0.4, 0.5) is 0 Å². The van der Waals surface area contributed by atoms with Crippen LogP contribution in [0.25, 0.3) is 22.3 Å². The predicted octanol–water partition coefficient (Wildman–Crippen LogP) is 9.67. The molecule has 0 atom stereocenters. The zero-order chi connectivity index (χ0) is 27.1. The van der Waals surface area contributed by atoms with E-state index in [1.165, 1.54) is 22.3 Å². The van der Waals surface area contributed by atoms with Gasteiger partial charge in [0.15, 0.2) is 0 Å². The van der Waals surface area contributed by atoms with Crippen molar-refractivity contribution in [3.8, 4) is 22.3 Å². The fraction of sp³-hybridized carbons (Fsp3) is 0.226. The Bertz CT molecular complexity index is 1410. The van der Waals surface area contributed by atoms with Crippen molar-refractivity contribution >= 4 is 87.7 Å². The number of hydrogen-bond acceptors (Lipinski definition) is 3. The molecule has 4 aromatic rings. The molecule has 8 heteroatoms. The second kappa shape index (κ2) is 13.2. The molecule has 2 aliphatic carbocycles. The maximum Gasteiger partial charge on any atom is 0.105 e. The number of likely N-dealkylation sites (N-methyl/N-ethyl adjacent to an activating group) is 2. The molecule has 6 rings (SSSR count). The molecule has 0 spiro atoms. The normalized spacial score (nSPS) is 13.4. The molecule has 0 aromatic heterocycles. The van der Waals surface area contributed by atoms with Gasteiger partial charge in [0.2, 0.25) is 0 Å². The molecule has 0 fully saturated rings. The molecule has 204 valence electrons. The maximum absolute atomic E-state index is 10.2. The topological polar surface area (TPSA) is 26.7 Å². The van der Waals surface area contributed by atoms with Crippen LogP contribution >= 0.6 is 87.7 Å². The van der Waals surface area contributed by atoms with Gasteiger partial charge >= 0.3 is 0 Å². The molecule has 1 N–H and O–H groups in total. The maximum atomic E-state index is 10.2. The third-order valence-corrected chi connectivity index (χ3v) is 9.13. The van der Waals surface area contributed by atoms with Crippen LogP contribution in [0.1, 0.15) is 34.4 Å². The lowest BCUT2D eigenvalue weighted by molar-refractivity contribution is 0.225. The van der Waals surface area contributed by atoms with Crippen molar-refractivity contribution < 1.29 is 5.11 Å². The van der Waals surface area contributed by atoms with E-state index in [0.29, 0.717) is 6.04 Å². The summed E-state index contributed by atoms with van der Waals surface area (Å²) in [5.41, 5.74) is 9.69. The molecule has 3 nitrogen and oxygen atoms in total. The number of halogens is 5. The molecule has 0 bridgehead atoms. The highest BCUT2D eigenvalue weighted by Crippen LogP contribution is 2.48. The van der Waals surface area contributed by atoms with E-state index in [9.17, 15) is 5.11 Å². The molecule has 0 unspecified atom stereocenters. The van der Waals surface area contributed by atoms with E-state index in [-0.39, 0.29) is 24.0 Å². The summed E-state index contributed by atoms with van der Waals surface area (Å²) in [5.74, 6) is 0. The van der Waals surface area contributed by atoms with Gasteiger partial charge in [-0.3, -0.25) is 4.90 Å². The molecule has 0 radical (unpaired) electrons. The fourth-order valence-electron chi connectivity index (χ4n) is 5.32. The Kier molecular flexibility index (Phi) is 10.6. The highest BCUT2D eigenvalue weighted by atomic mass is 127. The molecule has 0 saturated heterocycles. The van der Waals surface area contributed by atoms with Crippen molar-refractivity contribution in [3.05, 3.63) is 113 Å². The Morgan fingerprint density at radius 1 is 0.564 bits per heavy atom. The zero-order valence-electron chi connectivity index (χ0n) is 21.8. The zero-order valence-corrected chi connectivity index (χ0v) is 30.4. The van der Waals surface area contributed by atoms with Crippen molar-refractivity contribution in [2.24, 2.45) is 0 Å². The summed E-state index contributed by atoms with van der Waals surface area (Å²) in [6.45, 7) is 2.09. The van der Waals surface area contributed by atoms with Crippen LogP contribution in [0.15, 0.2) is 90.7 Å². The largest absolute Gasteiger partial charge is 0.384 e. The van der Waals surface area contributed by atoms with E-state index in [1.54, 1.807) is 0 Å². The minimum absolute atomic E-state index is 0. The summed E-state index contributed by atoms with van der Waals surface area (Å²) in [7, 11) is 6.46. The first-order valence-electron chi connectivity index (χ1n) is 12.4. The van der Waals surface area contributed by atoms with Crippen molar-refractivity contribution in [1.29, 1.82) is 0 Å². The summed E-state index contributed by atoms with van der Waals surface area (Å²) in [6.07, 6.45) is -0.514. The van der Waals surface area contributed by atoms with Crippen molar-refractivity contribution in [3.63, 3.8) is 0 Å². The van der Waals surface area contributed by atoms with Crippen LogP contribution in [0.5, 0.6) is 0 Å². The van der Waals surface area contributed by atoms with Crippen LogP contribution in [-0.4, -0.2) is 49.1 Å². The lowest BCUT2D eigenvalue weighted by Crippen LogP contribution is -2.31. The van der Waals surface area contributed by atoms with Gasteiger partial charge in [-0.2, -0.15) is 0 Å². The molecule has 0 amide bonds. The molecule has 4 aromatic carbocycles. The molecular weight excluding hydrogens is 863 g/mol. The highest BCUT2D eigenvalue weighted by molar-refractivity contribution is 14.0. The first-order chi connectivity index (χ1) is 18.1. The number of aliphatic hydroxyl groups is 1. The average Bonchev–Trinajstić information content (AvgIpc) is 3.33. The Morgan fingerprint density at radius 2 is 0.897 bits per heavy atom. The summed E-state index contributed by atoms with van der Waals surface area (Å²) < 4.78 is 4.28. The van der Waals surface area contributed by atoms with Gasteiger partial charge < -0.3 is 10.0 Å². The van der Waals surface area contributed by atoms with Gasteiger partial charge in [0.25, 0.3) is 0 Å². The minimum Gasteiger partial charge on any atom is -0.384 e. The lowest BCUT2D eigenvalue weighted by Gasteiger charge is -2.27. The second-order valence-corrected chi connectivity index (χ2v) is 13.7. The van der Waals surface area contributed by atoms with Gasteiger partial charge in [0.05, 0.1) is 6.04 Å². The monoisotopic (exact) mass is 888 g/mol. The molecule has 2 aliphatic rings. The van der Waals surface area contributed by atoms with E-state index >= 15 is 0 Å². The quantitative estimate of drug-likeness (QED) is 0.207. The van der Waals surface area contributed by atoms with Gasteiger partial charge in [-0.25, -0.2) is 0 Å². The number of aliphatic hydroxyl groups excluding tert-OH is 1. The number of rotatable bonds is 4. The summed E-state index contributed by atoms with van der Waals surface area (Å²) in [4.78, 5) is 4.68. The Labute approximate surface area is 281 Å². The van der Waals surface area contributed by atoms with E-state index in [1.807, 2.05) is 36.4 Å². The van der Waals surface area contributed by atoms with Gasteiger partial charge in [0, 0.05) is 31.0 Å². The van der Waals surface area contributed by atoms with Gasteiger partial charge in [-0.1, -0.05) is 88.0 Å². The third kappa shape index (κ3) is 6.58. The summed E-state index contributed by atoms with van der Waals surface area (Å²) in [6, 6.07) is 25.6. The third-order valence-electron chi connectivity index (χ3n) is 7.15. The number of hydrogen-bond donors (Lipinski definition) is 1. The minimum atomic E-state index is -0.514. The average molecular weight is 892 g/mol. The van der Waals surface area contributed by atoms with E-state index < -0.39 is 6.10 Å². The lowest BCUT2D eigenvalue weighted by atomic mass is 10.0. The van der Waals surface area contributed by atoms with Crippen LogP contribution in [0.2, 0.25) is 0 Å². The van der Waals surface area contributed by atoms with E-state index in [0.717, 1.165) is 53.2 Å². The standard InChI is InChI=1S/C18H20Br2N2.C13H8Br2O.HI/c1-21(2)8-9-22(3)18-16-10-12(19)4-6-14(16)15-7-5-13(20)11-17(15)18;14-7-1-3-9-10-4-2-8(15)6-12(10)13(16)11(9)5-7;/h4-7,10-11,18H,8-9H2,1-3H3;1-6,13,16H;1H.